The summed E-state index contributed by atoms with van der Waals surface area (Å²) in [6.45, 7) is 7.39. The van der Waals surface area contributed by atoms with Crippen LogP contribution in [-0.2, 0) is 13.0 Å². The number of hydrogen-bond donors (Lipinski definition) is 1. The molecule has 0 aromatic rings. The Morgan fingerprint density at radius 2 is 1.29 bits per heavy atom. The van der Waals surface area contributed by atoms with Crippen molar-refractivity contribution < 1.29 is 17.9 Å². The Hall–Kier alpha value is -0.476. The molecule has 21 heavy (non-hydrogen) atoms. The lowest BCUT2D eigenvalue weighted by Crippen LogP contribution is -2.33. The minimum atomic E-state index is -4.08. The van der Waals surface area contributed by atoms with Crippen molar-refractivity contribution in [2.75, 3.05) is 0 Å². The average molecular weight is 348 g/mol. The molecule has 0 amide bonds. The Morgan fingerprint density at radius 3 is 1.57 bits per heavy atom. The number of hydrogen-bond acceptors (Lipinski definition) is 5. The second-order valence-electron chi connectivity index (χ2n) is 6.19. The highest BCUT2D eigenvalue weighted by Crippen LogP contribution is 2.50. The first-order valence-corrected chi connectivity index (χ1v) is 14.7. The van der Waals surface area contributed by atoms with Crippen molar-refractivity contribution in [3.63, 3.8) is 0 Å². The van der Waals surface area contributed by atoms with Gasteiger partial charge in [-0.05, 0) is 51.1 Å². The van der Waals surface area contributed by atoms with Crippen molar-refractivity contribution in [1.29, 1.82) is 10.5 Å². The second kappa shape index (κ2) is 8.84. The number of phosphoric acid groups is 1. The van der Waals surface area contributed by atoms with E-state index in [4.69, 9.17) is 18.9 Å². The van der Waals surface area contributed by atoms with Gasteiger partial charge in [-0.1, -0.05) is 0 Å². The molecule has 0 aliphatic carbocycles. The zero-order valence-electron chi connectivity index (χ0n) is 13.3. The first-order chi connectivity index (χ1) is 9.54. The summed E-state index contributed by atoms with van der Waals surface area (Å²) in [5.74, 6) is 0. The van der Waals surface area contributed by atoms with Gasteiger partial charge in [0.2, 0.25) is 16.6 Å². The summed E-state index contributed by atoms with van der Waals surface area (Å²) in [7, 11) is -8.74. The molecule has 0 bridgehead atoms. The largest absolute Gasteiger partial charge is 0.452 e. The summed E-state index contributed by atoms with van der Waals surface area (Å²) in [5, 5.41) is 17.1. The van der Waals surface area contributed by atoms with Crippen LogP contribution in [0.3, 0.4) is 0 Å². The van der Waals surface area contributed by atoms with Crippen molar-refractivity contribution in [1.82, 2.24) is 0 Å². The molecule has 6 nitrogen and oxygen atoms in total. The Balaban J connectivity index is 4.50. The zero-order valence-corrected chi connectivity index (χ0v) is 16.2. The van der Waals surface area contributed by atoms with Gasteiger partial charge in [0, 0.05) is 12.8 Å². The van der Waals surface area contributed by atoms with E-state index in [0.29, 0.717) is 37.8 Å². The quantitative estimate of drug-likeness (QED) is 0.361. The fourth-order valence-electron chi connectivity index (χ4n) is 1.92. The fourth-order valence-corrected chi connectivity index (χ4v) is 10.2. The van der Waals surface area contributed by atoms with Crippen LogP contribution in [-0.4, -0.2) is 21.5 Å². The van der Waals surface area contributed by atoms with E-state index in [9.17, 15) is 9.46 Å². The fraction of sp³-hybridized carbons (Fsp3) is 0.833. The lowest BCUT2D eigenvalue weighted by Gasteiger charge is -2.30. The van der Waals surface area contributed by atoms with Crippen LogP contribution in [0.5, 0.6) is 0 Å². The SMILES string of the molecule is C[Si](C)(CCCC#N)OP(=O)(O)O[Si](C)(C)CCCC#N. The average Bonchev–Trinajstić information content (AvgIpc) is 2.25. The number of nitrogens with zero attached hydrogens (tertiary/aromatic N) is 2. The molecule has 0 aromatic heterocycles. The van der Waals surface area contributed by atoms with Gasteiger partial charge >= 0.3 is 7.82 Å². The summed E-state index contributed by atoms with van der Waals surface area (Å²) < 4.78 is 23.0. The Kier molecular flexibility index (Phi) is 8.64. The molecular formula is C12H25N2O4PSi2. The molecule has 0 spiro atoms. The predicted octanol–water partition coefficient (Wildman–Crippen LogP) is 4.14. The van der Waals surface area contributed by atoms with Crippen LogP contribution in [0.25, 0.3) is 0 Å². The summed E-state index contributed by atoms with van der Waals surface area (Å²) >= 11 is 0. The third-order valence-corrected chi connectivity index (χ3v) is 11.8. The maximum atomic E-state index is 12.2. The van der Waals surface area contributed by atoms with E-state index in [0.717, 1.165) is 0 Å². The molecule has 0 aliphatic heterocycles. The molecule has 0 heterocycles. The maximum absolute atomic E-state index is 12.2. The third-order valence-electron chi connectivity index (χ3n) is 2.86. The van der Waals surface area contributed by atoms with Gasteiger partial charge < -0.3 is 13.3 Å². The van der Waals surface area contributed by atoms with E-state index in [1.165, 1.54) is 0 Å². The van der Waals surface area contributed by atoms with Crippen LogP contribution in [0.4, 0.5) is 0 Å². The van der Waals surface area contributed by atoms with Crippen LogP contribution >= 0.6 is 7.82 Å². The molecule has 0 unspecified atom stereocenters. The van der Waals surface area contributed by atoms with E-state index in [2.05, 4.69) is 12.1 Å². The molecule has 9 heteroatoms. The number of nitriles is 2. The van der Waals surface area contributed by atoms with Gasteiger partial charge in [0.15, 0.2) is 0 Å². The van der Waals surface area contributed by atoms with Crippen LogP contribution in [0.1, 0.15) is 25.7 Å². The molecule has 0 saturated heterocycles. The van der Waals surface area contributed by atoms with E-state index >= 15 is 0 Å². The first kappa shape index (κ1) is 20.5. The van der Waals surface area contributed by atoms with Crippen molar-refractivity contribution in [2.45, 2.75) is 64.0 Å². The number of unbranched alkanes of at least 4 members (excludes halogenated alkanes) is 2. The molecule has 0 atom stereocenters. The van der Waals surface area contributed by atoms with Crippen LogP contribution in [0, 0.1) is 22.7 Å². The molecule has 1 N–H and O–H groups in total. The van der Waals surface area contributed by atoms with Crippen LogP contribution in [0.2, 0.25) is 38.3 Å². The van der Waals surface area contributed by atoms with Crippen molar-refractivity contribution in [3.05, 3.63) is 0 Å². The molecule has 0 aliphatic rings. The number of rotatable bonds is 10. The Labute approximate surface area is 129 Å². The van der Waals surface area contributed by atoms with E-state index in [1.54, 1.807) is 0 Å². The summed E-state index contributed by atoms with van der Waals surface area (Å²) in [6, 6.07) is 5.40. The molecule has 0 saturated carbocycles. The summed E-state index contributed by atoms with van der Waals surface area (Å²) in [6.07, 6.45) is 2.17. The monoisotopic (exact) mass is 348 g/mol. The van der Waals surface area contributed by atoms with Crippen LogP contribution < -0.4 is 0 Å². The molecule has 0 rings (SSSR count). The van der Waals surface area contributed by atoms with Crippen LogP contribution in [0.15, 0.2) is 0 Å². The maximum Gasteiger partial charge on any atom is 0.452 e. The smallest absolute Gasteiger partial charge is 0.330 e. The third kappa shape index (κ3) is 10.8. The summed E-state index contributed by atoms with van der Waals surface area (Å²) in [5.41, 5.74) is 0. The van der Waals surface area contributed by atoms with Gasteiger partial charge in [-0.2, -0.15) is 10.5 Å². The van der Waals surface area contributed by atoms with Gasteiger partial charge in [0.1, 0.15) is 0 Å². The second-order valence-corrected chi connectivity index (χ2v) is 16.6. The molecule has 0 aromatic carbocycles. The van der Waals surface area contributed by atoms with Gasteiger partial charge in [-0.3, -0.25) is 0 Å². The van der Waals surface area contributed by atoms with E-state index in [1.807, 2.05) is 26.2 Å². The van der Waals surface area contributed by atoms with Gasteiger partial charge in [-0.15, -0.1) is 0 Å². The topological polar surface area (TPSA) is 103 Å². The zero-order chi connectivity index (χ0) is 16.6. The minimum Gasteiger partial charge on any atom is -0.330 e. The molecule has 0 fully saturated rings. The highest BCUT2D eigenvalue weighted by Gasteiger charge is 2.38. The first-order valence-electron chi connectivity index (χ1n) is 7.02. The highest BCUT2D eigenvalue weighted by molar-refractivity contribution is 7.51. The lowest BCUT2D eigenvalue weighted by atomic mass is 10.4. The Morgan fingerprint density at radius 1 is 0.952 bits per heavy atom. The minimum absolute atomic E-state index is 0.421. The molecular weight excluding hydrogens is 323 g/mol. The highest BCUT2D eigenvalue weighted by atomic mass is 31.2. The van der Waals surface area contributed by atoms with Gasteiger partial charge in [-0.25, -0.2) is 4.57 Å². The van der Waals surface area contributed by atoms with Crippen molar-refractivity contribution >= 4 is 24.5 Å². The lowest BCUT2D eigenvalue weighted by molar-refractivity contribution is 0.283. The standard InChI is InChI=1S/C12H25N2O4PSi2/c1-20(2,11-7-5-9-13)17-19(15,16)18-21(3,4)12-8-6-10-14/h5-8,11-12H2,1-4H3,(H,15,16). The Bertz CT molecular complexity index is 419. The molecule has 0 radical (unpaired) electrons. The van der Waals surface area contributed by atoms with Crippen molar-refractivity contribution in [3.8, 4) is 12.1 Å². The van der Waals surface area contributed by atoms with Gasteiger partial charge in [0.05, 0.1) is 12.1 Å². The van der Waals surface area contributed by atoms with Crippen molar-refractivity contribution in [2.24, 2.45) is 0 Å². The summed E-state index contributed by atoms with van der Waals surface area (Å²) in [4.78, 5) is 9.95. The normalized spacial score (nSPS) is 12.7. The predicted molar refractivity (Wildman–Crippen MR) is 86.3 cm³/mol. The van der Waals surface area contributed by atoms with E-state index in [-0.39, 0.29) is 0 Å². The molecule has 120 valence electrons. The van der Waals surface area contributed by atoms with Gasteiger partial charge in [0.25, 0.3) is 0 Å². The van der Waals surface area contributed by atoms with E-state index < -0.39 is 24.5 Å².